The van der Waals surface area contributed by atoms with Crippen LogP contribution in [-0.4, -0.2) is 31.8 Å². The molecule has 0 amide bonds. The highest BCUT2D eigenvalue weighted by molar-refractivity contribution is 9.10. The summed E-state index contributed by atoms with van der Waals surface area (Å²) in [4.78, 5) is 12.3. The van der Waals surface area contributed by atoms with Crippen LogP contribution in [0.2, 0.25) is 0 Å². The fourth-order valence-corrected chi connectivity index (χ4v) is 3.50. The molecule has 1 heterocycles. The molecule has 1 aliphatic heterocycles. The molecule has 0 saturated carbocycles. The fraction of sp³-hybridized carbons (Fsp3) is 0.588. The van der Waals surface area contributed by atoms with Gasteiger partial charge in [0.05, 0.1) is 18.0 Å². The van der Waals surface area contributed by atoms with E-state index in [0.717, 1.165) is 41.7 Å². The zero-order valence-corrected chi connectivity index (χ0v) is 15.0. The van der Waals surface area contributed by atoms with Crippen LogP contribution in [0.15, 0.2) is 22.7 Å². The molecule has 122 valence electrons. The molecular weight excluding hydrogens is 346 g/mol. The third-order valence-electron chi connectivity index (χ3n) is 4.26. The number of carbonyl (C=O) groups excluding carboxylic acids is 1. The Balaban J connectivity index is 1.95. The monoisotopic (exact) mass is 369 g/mol. The van der Waals surface area contributed by atoms with Gasteiger partial charge < -0.3 is 14.8 Å². The summed E-state index contributed by atoms with van der Waals surface area (Å²) in [6, 6.07) is 5.64. The quantitative estimate of drug-likeness (QED) is 0.808. The Morgan fingerprint density at radius 2 is 2.05 bits per heavy atom. The number of piperidine rings is 1. The molecule has 0 unspecified atom stereocenters. The van der Waals surface area contributed by atoms with Gasteiger partial charge in [-0.05, 0) is 73.4 Å². The maximum absolute atomic E-state index is 12.3. The minimum atomic E-state index is -0.414. The molecule has 22 heavy (non-hydrogen) atoms. The highest BCUT2D eigenvalue weighted by Gasteiger charge is 2.34. The molecule has 1 saturated heterocycles. The van der Waals surface area contributed by atoms with Crippen molar-refractivity contribution < 1.29 is 14.3 Å². The van der Waals surface area contributed by atoms with Crippen LogP contribution in [0.25, 0.3) is 0 Å². The van der Waals surface area contributed by atoms with E-state index in [0.29, 0.717) is 5.92 Å². The third-order valence-corrected chi connectivity index (χ3v) is 4.88. The fourth-order valence-electron chi connectivity index (χ4n) is 2.92. The first kappa shape index (κ1) is 17.3. The highest BCUT2D eigenvalue weighted by atomic mass is 79.9. The smallest absolute Gasteiger partial charge is 0.310 e. The summed E-state index contributed by atoms with van der Waals surface area (Å²) in [6.45, 7) is 6.03. The van der Waals surface area contributed by atoms with E-state index in [1.54, 1.807) is 7.11 Å². The second-order valence-electron chi connectivity index (χ2n) is 6.25. The molecule has 1 N–H and O–H groups in total. The zero-order valence-electron chi connectivity index (χ0n) is 13.4. The molecule has 0 bridgehead atoms. The van der Waals surface area contributed by atoms with Crippen molar-refractivity contribution >= 4 is 21.9 Å². The van der Waals surface area contributed by atoms with Crippen molar-refractivity contribution in [1.29, 1.82) is 0 Å². The standard InChI is InChI=1S/C17H24BrNO3/c1-17(2,13-6-8-19-9-7-13)22-16(20)11-12-4-5-15(21-3)14(18)10-12/h4-5,10,13,19H,6-9,11H2,1-3H3. The molecule has 4 nitrogen and oxygen atoms in total. The van der Waals surface area contributed by atoms with Gasteiger partial charge in [-0.1, -0.05) is 6.07 Å². The van der Waals surface area contributed by atoms with Crippen LogP contribution in [0.1, 0.15) is 32.3 Å². The Morgan fingerprint density at radius 3 is 2.64 bits per heavy atom. The van der Waals surface area contributed by atoms with Gasteiger partial charge in [-0.2, -0.15) is 0 Å². The maximum Gasteiger partial charge on any atom is 0.310 e. The van der Waals surface area contributed by atoms with Crippen LogP contribution in [0.5, 0.6) is 5.75 Å². The zero-order chi connectivity index (χ0) is 16.2. The molecule has 1 aromatic carbocycles. The van der Waals surface area contributed by atoms with E-state index in [4.69, 9.17) is 9.47 Å². The van der Waals surface area contributed by atoms with Gasteiger partial charge in [0.15, 0.2) is 0 Å². The number of hydrogen-bond donors (Lipinski definition) is 1. The molecule has 0 aromatic heterocycles. The Kier molecular flexibility index (Phi) is 5.87. The molecule has 1 fully saturated rings. The molecule has 1 aliphatic rings. The number of ether oxygens (including phenoxy) is 2. The van der Waals surface area contributed by atoms with Crippen LogP contribution in [0.3, 0.4) is 0 Å². The van der Waals surface area contributed by atoms with Crippen LogP contribution < -0.4 is 10.1 Å². The van der Waals surface area contributed by atoms with Crippen molar-refractivity contribution in [3.8, 4) is 5.75 Å². The lowest BCUT2D eigenvalue weighted by atomic mass is 9.83. The predicted molar refractivity (Wildman–Crippen MR) is 90.2 cm³/mol. The summed E-state index contributed by atoms with van der Waals surface area (Å²) < 4.78 is 11.8. The van der Waals surface area contributed by atoms with E-state index in [1.807, 2.05) is 32.0 Å². The first-order chi connectivity index (χ1) is 10.4. The first-order valence-electron chi connectivity index (χ1n) is 7.67. The maximum atomic E-state index is 12.3. The average Bonchev–Trinajstić information content (AvgIpc) is 2.47. The lowest BCUT2D eigenvalue weighted by Crippen LogP contribution is -2.43. The van der Waals surface area contributed by atoms with Gasteiger partial charge in [-0.25, -0.2) is 0 Å². The van der Waals surface area contributed by atoms with Gasteiger partial charge in [-0.3, -0.25) is 4.79 Å². The number of hydrogen-bond acceptors (Lipinski definition) is 4. The summed E-state index contributed by atoms with van der Waals surface area (Å²) in [7, 11) is 1.62. The van der Waals surface area contributed by atoms with Crippen LogP contribution in [0, 0.1) is 5.92 Å². The van der Waals surface area contributed by atoms with E-state index in [-0.39, 0.29) is 12.4 Å². The van der Waals surface area contributed by atoms with E-state index in [9.17, 15) is 4.79 Å². The molecular formula is C17H24BrNO3. The normalized spacial score (nSPS) is 16.4. The third kappa shape index (κ3) is 4.46. The van der Waals surface area contributed by atoms with Crippen LogP contribution >= 0.6 is 15.9 Å². The lowest BCUT2D eigenvalue weighted by Gasteiger charge is -2.36. The van der Waals surface area contributed by atoms with Crippen molar-refractivity contribution in [2.45, 2.75) is 38.7 Å². The molecule has 2 rings (SSSR count). The summed E-state index contributed by atoms with van der Waals surface area (Å²) in [5, 5.41) is 3.34. The first-order valence-corrected chi connectivity index (χ1v) is 8.46. The Labute approximate surface area is 140 Å². The number of benzene rings is 1. The number of methoxy groups -OCH3 is 1. The molecule has 0 radical (unpaired) electrons. The number of rotatable bonds is 5. The lowest BCUT2D eigenvalue weighted by molar-refractivity contribution is -0.161. The van der Waals surface area contributed by atoms with Crippen molar-refractivity contribution in [1.82, 2.24) is 5.32 Å². The molecule has 0 atom stereocenters. The molecule has 0 spiro atoms. The SMILES string of the molecule is COc1ccc(CC(=O)OC(C)(C)C2CCNCC2)cc1Br. The van der Waals surface area contributed by atoms with E-state index in [1.165, 1.54) is 0 Å². The summed E-state index contributed by atoms with van der Waals surface area (Å²) in [5.74, 6) is 0.994. The molecule has 0 aliphatic carbocycles. The largest absolute Gasteiger partial charge is 0.496 e. The van der Waals surface area contributed by atoms with Crippen LogP contribution in [-0.2, 0) is 16.0 Å². The van der Waals surface area contributed by atoms with E-state index >= 15 is 0 Å². The van der Waals surface area contributed by atoms with Crippen molar-refractivity contribution in [2.24, 2.45) is 5.92 Å². The number of esters is 1. The topological polar surface area (TPSA) is 47.6 Å². The Bertz CT molecular complexity index is 525. The minimum absolute atomic E-state index is 0.180. The second kappa shape index (κ2) is 7.47. The van der Waals surface area contributed by atoms with Gasteiger partial charge in [0.1, 0.15) is 11.4 Å². The van der Waals surface area contributed by atoms with Crippen molar-refractivity contribution in [3.05, 3.63) is 28.2 Å². The Hall–Kier alpha value is -1.07. The van der Waals surface area contributed by atoms with Gasteiger partial charge in [0, 0.05) is 5.92 Å². The van der Waals surface area contributed by atoms with Crippen molar-refractivity contribution in [2.75, 3.05) is 20.2 Å². The summed E-state index contributed by atoms with van der Waals surface area (Å²) in [5.41, 5.74) is 0.502. The highest BCUT2D eigenvalue weighted by Crippen LogP contribution is 2.30. The molecule has 1 aromatic rings. The molecule has 5 heteroatoms. The second-order valence-corrected chi connectivity index (χ2v) is 7.10. The van der Waals surface area contributed by atoms with E-state index < -0.39 is 5.60 Å². The van der Waals surface area contributed by atoms with E-state index in [2.05, 4.69) is 21.2 Å². The minimum Gasteiger partial charge on any atom is -0.496 e. The van der Waals surface area contributed by atoms with Gasteiger partial charge in [0.2, 0.25) is 0 Å². The Morgan fingerprint density at radius 1 is 1.36 bits per heavy atom. The van der Waals surface area contributed by atoms with Gasteiger partial charge >= 0.3 is 5.97 Å². The summed E-state index contributed by atoms with van der Waals surface area (Å²) in [6.07, 6.45) is 2.37. The van der Waals surface area contributed by atoms with Crippen molar-refractivity contribution in [3.63, 3.8) is 0 Å². The van der Waals surface area contributed by atoms with Crippen LogP contribution in [0.4, 0.5) is 0 Å². The van der Waals surface area contributed by atoms with Gasteiger partial charge in [-0.15, -0.1) is 0 Å². The summed E-state index contributed by atoms with van der Waals surface area (Å²) >= 11 is 3.44. The predicted octanol–water partition coefficient (Wildman–Crippen LogP) is 3.32. The number of nitrogens with one attached hydrogen (secondary N) is 1. The average molecular weight is 370 g/mol. The van der Waals surface area contributed by atoms with Gasteiger partial charge in [0.25, 0.3) is 0 Å². The number of halogens is 1. The number of carbonyl (C=O) groups is 1.